The average Bonchev–Trinajstić information content (AvgIpc) is 2.59. The number of likely N-dealkylation sites (tertiary alicyclic amines) is 1. The van der Waals surface area contributed by atoms with Crippen molar-refractivity contribution < 1.29 is 0 Å². The third-order valence-electron chi connectivity index (χ3n) is 2.66. The van der Waals surface area contributed by atoms with Gasteiger partial charge in [0.1, 0.15) is 0 Å². The predicted molar refractivity (Wildman–Crippen MR) is 54.8 cm³/mol. The SMILES string of the molecule is C1CCN(CC2CNCCS2)C1. The van der Waals surface area contributed by atoms with Crippen molar-refractivity contribution in [2.45, 2.75) is 18.1 Å². The fraction of sp³-hybridized carbons (Fsp3) is 1.00. The molecule has 12 heavy (non-hydrogen) atoms. The monoisotopic (exact) mass is 186 g/mol. The lowest BCUT2D eigenvalue weighted by atomic mass is 10.3. The van der Waals surface area contributed by atoms with Gasteiger partial charge in [0.15, 0.2) is 0 Å². The highest BCUT2D eigenvalue weighted by molar-refractivity contribution is 8.00. The fourth-order valence-corrected chi connectivity index (χ4v) is 3.14. The van der Waals surface area contributed by atoms with E-state index in [2.05, 4.69) is 22.0 Å². The predicted octanol–water partition coefficient (Wildman–Crippen LogP) is 0.787. The van der Waals surface area contributed by atoms with Gasteiger partial charge in [-0.15, -0.1) is 0 Å². The molecule has 1 N–H and O–H groups in total. The summed E-state index contributed by atoms with van der Waals surface area (Å²) in [5.74, 6) is 1.30. The zero-order chi connectivity index (χ0) is 8.23. The Labute approximate surface area is 79.1 Å². The summed E-state index contributed by atoms with van der Waals surface area (Å²) in [6.45, 7) is 6.44. The number of thioether (sulfide) groups is 1. The van der Waals surface area contributed by atoms with Gasteiger partial charge in [0.05, 0.1) is 0 Å². The molecular weight excluding hydrogens is 168 g/mol. The molecule has 70 valence electrons. The van der Waals surface area contributed by atoms with Crippen molar-refractivity contribution in [1.29, 1.82) is 0 Å². The highest BCUT2D eigenvalue weighted by Crippen LogP contribution is 2.17. The molecule has 2 nitrogen and oxygen atoms in total. The minimum absolute atomic E-state index is 0.858. The van der Waals surface area contributed by atoms with Gasteiger partial charge < -0.3 is 10.2 Å². The second-order valence-electron chi connectivity index (χ2n) is 3.70. The van der Waals surface area contributed by atoms with Gasteiger partial charge in [0.25, 0.3) is 0 Å². The van der Waals surface area contributed by atoms with Crippen molar-refractivity contribution in [3.05, 3.63) is 0 Å². The molecule has 0 bridgehead atoms. The van der Waals surface area contributed by atoms with Crippen molar-refractivity contribution in [2.75, 3.05) is 38.5 Å². The van der Waals surface area contributed by atoms with Crippen LogP contribution in [0, 0.1) is 0 Å². The number of hydrogen-bond acceptors (Lipinski definition) is 3. The zero-order valence-corrected chi connectivity index (χ0v) is 8.41. The van der Waals surface area contributed by atoms with Gasteiger partial charge in [-0.25, -0.2) is 0 Å². The van der Waals surface area contributed by atoms with Crippen LogP contribution in [0.4, 0.5) is 0 Å². The fourth-order valence-electron chi connectivity index (χ4n) is 1.99. The quantitative estimate of drug-likeness (QED) is 0.686. The Morgan fingerprint density at radius 1 is 1.33 bits per heavy atom. The first-order valence-corrected chi connectivity index (χ1v) is 6.05. The van der Waals surface area contributed by atoms with Crippen molar-refractivity contribution in [1.82, 2.24) is 10.2 Å². The van der Waals surface area contributed by atoms with Crippen LogP contribution in [0.5, 0.6) is 0 Å². The van der Waals surface area contributed by atoms with Crippen LogP contribution in [0.25, 0.3) is 0 Å². The molecule has 3 heteroatoms. The maximum atomic E-state index is 3.46. The molecule has 2 rings (SSSR count). The molecule has 0 aromatic rings. The highest BCUT2D eigenvalue weighted by Gasteiger charge is 2.19. The van der Waals surface area contributed by atoms with E-state index in [-0.39, 0.29) is 0 Å². The number of rotatable bonds is 2. The molecule has 1 unspecified atom stereocenters. The summed E-state index contributed by atoms with van der Waals surface area (Å²) >= 11 is 2.15. The van der Waals surface area contributed by atoms with Crippen LogP contribution in [0.2, 0.25) is 0 Å². The molecule has 0 aromatic carbocycles. The molecule has 1 atom stereocenters. The first-order chi connectivity index (χ1) is 5.95. The Kier molecular flexibility index (Phi) is 3.31. The highest BCUT2D eigenvalue weighted by atomic mass is 32.2. The molecule has 0 spiro atoms. The third kappa shape index (κ3) is 2.38. The van der Waals surface area contributed by atoms with Crippen LogP contribution in [-0.2, 0) is 0 Å². The largest absolute Gasteiger partial charge is 0.315 e. The standard InChI is InChI=1S/C9H18N2S/c1-2-5-11(4-1)8-9-7-10-3-6-12-9/h9-10H,1-8H2. The number of nitrogens with zero attached hydrogens (tertiary/aromatic N) is 1. The van der Waals surface area contributed by atoms with Crippen LogP contribution in [0.15, 0.2) is 0 Å². The molecule has 2 aliphatic heterocycles. The number of nitrogens with one attached hydrogen (secondary N) is 1. The van der Waals surface area contributed by atoms with E-state index in [4.69, 9.17) is 0 Å². The van der Waals surface area contributed by atoms with Gasteiger partial charge in [-0.1, -0.05) is 0 Å². The van der Waals surface area contributed by atoms with Gasteiger partial charge in [0, 0.05) is 30.6 Å². The maximum Gasteiger partial charge on any atom is 0.0300 e. The van der Waals surface area contributed by atoms with Crippen molar-refractivity contribution in [3.63, 3.8) is 0 Å². The molecule has 2 saturated heterocycles. The summed E-state index contributed by atoms with van der Waals surface area (Å²) in [5, 5.41) is 4.32. The van der Waals surface area contributed by atoms with E-state index in [0.717, 1.165) is 5.25 Å². The lowest BCUT2D eigenvalue weighted by Crippen LogP contribution is -2.39. The molecule has 0 amide bonds. The summed E-state index contributed by atoms with van der Waals surface area (Å²) in [6.07, 6.45) is 2.84. The van der Waals surface area contributed by atoms with E-state index >= 15 is 0 Å². The minimum atomic E-state index is 0.858. The topological polar surface area (TPSA) is 15.3 Å². The Balaban J connectivity index is 1.69. The van der Waals surface area contributed by atoms with Gasteiger partial charge >= 0.3 is 0 Å². The molecule has 0 aromatic heterocycles. The van der Waals surface area contributed by atoms with Crippen molar-refractivity contribution in [3.8, 4) is 0 Å². The van der Waals surface area contributed by atoms with Crippen molar-refractivity contribution in [2.24, 2.45) is 0 Å². The summed E-state index contributed by atoms with van der Waals surface area (Å²) in [7, 11) is 0. The Morgan fingerprint density at radius 3 is 2.83 bits per heavy atom. The summed E-state index contributed by atoms with van der Waals surface area (Å²) < 4.78 is 0. The second-order valence-corrected chi connectivity index (χ2v) is 5.11. The van der Waals surface area contributed by atoms with Crippen LogP contribution >= 0.6 is 11.8 Å². The molecule has 2 fully saturated rings. The van der Waals surface area contributed by atoms with Gasteiger partial charge in [-0.2, -0.15) is 11.8 Å². The van der Waals surface area contributed by atoms with E-state index in [1.54, 1.807) is 0 Å². The molecule has 0 saturated carbocycles. The Hall–Kier alpha value is 0.270. The summed E-state index contributed by atoms with van der Waals surface area (Å²) in [5.41, 5.74) is 0. The van der Waals surface area contributed by atoms with E-state index in [0.29, 0.717) is 0 Å². The smallest absolute Gasteiger partial charge is 0.0300 e. The molecule has 0 radical (unpaired) electrons. The lowest BCUT2D eigenvalue weighted by molar-refractivity contribution is 0.335. The van der Waals surface area contributed by atoms with Crippen LogP contribution in [0.3, 0.4) is 0 Å². The average molecular weight is 186 g/mol. The zero-order valence-electron chi connectivity index (χ0n) is 7.59. The molecule has 2 aliphatic rings. The summed E-state index contributed by atoms with van der Waals surface area (Å²) in [4.78, 5) is 2.62. The van der Waals surface area contributed by atoms with Gasteiger partial charge in [-0.3, -0.25) is 0 Å². The first-order valence-electron chi connectivity index (χ1n) is 5.00. The van der Waals surface area contributed by atoms with E-state index in [1.807, 2.05) is 0 Å². The Bertz CT molecular complexity index is 128. The molecular formula is C9H18N2S. The van der Waals surface area contributed by atoms with Gasteiger partial charge in [-0.05, 0) is 25.9 Å². The number of hydrogen-bond donors (Lipinski definition) is 1. The van der Waals surface area contributed by atoms with Gasteiger partial charge in [0.2, 0.25) is 0 Å². The first kappa shape index (κ1) is 8.85. The lowest BCUT2D eigenvalue weighted by Gasteiger charge is -2.26. The van der Waals surface area contributed by atoms with Crippen LogP contribution < -0.4 is 5.32 Å². The van der Waals surface area contributed by atoms with Crippen molar-refractivity contribution >= 4 is 11.8 Å². The van der Waals surface area contributed by atoms with E-state index in [9.17, 15) is 0 Å². The second kappa shape index (κ2) is 4.49. The third-order valence-corrected chi connectivity index (χ3v) is 3.89. The minimum Gasteiger partial charge on any atom is -0.315 e. The van der Waals surface area contributed by atoms with Crippen LogP contribution in [0.1, 0.15) is 12.8 Å². The van der Waals surface area contributed by atoms with E-state index < -0.39 is 0 Å². The Morgan fingerprint density at radius 2 is 2.17 bits per heavy atom. The maximum absolute atomic E-state index is 3.46. The molecule has 0 aliphatic carbocycles. The summed E-state index contributed by atoms with van der Waals surface area (Å²) in [6, 6.07) is 0. The van der Waals surface area contributed by atoms with Crippen LogP contribution in [-0.4, -0.2) is 48.6 Å². The normalized spacial score (nSPS) is 32.5. The molecule has 2 heterocycles. The van der Waals surface area contributed by atoms with E-state index in [1.165, 1.54) is 51.3 Å².